The second-order valence-electron chi connectivity index (χ2n) is 12.7. The maximum absolute atomic E-state index is 13.8. The Labute approximate surface area is 268 Å². The Balaban J connectivity index is 1.66. The quantitative estimate of drug-likeness (QED) is 0.183. The monoisotopic (exact) mass is 642 g/mol. The zero-order chi connectivity index (χ0) is 31.0. The minimum absolute atomic E-state index is 0.306. The van der Waals surface area contributed by atoms with Gasteiger partial charge in [-0.3, -0.25) is 0 Å². The van der Waals surface area contributed by atoms with Gasteiger partial charge in [-0.2, -0.15) is 0 Å². The molecule has 0 radical (unpaired) electrons. The average Bonchev–Trinajstić information content (AvgIpc) is 3.31. The molecule has 220 valence electrons. The van der Waals surface area contributed by atoms with E-state index in [4.69, 9.17) is 4.74 Å². The highest BCUT2D eigenvalue weighted by molar-refractivity contribution is 9.10. The van der Waals surface area contributed by atoms with Crippen LogP contribution in [-0.2, 0) is 15.8 Å². The van der Waals surface area contributed by atoms with Gasteiger partial charge >= 0.3 is 5.97 Å². The molecule has 0 unspecified atom stereocenters. The minimum Gasteiger partial charge on any atom is -0.441 e. The standard InChI is InChI=1S/C39H35BrN2O2/c1-38(2)31-22-35(41(3)4)28(24-13-9-7-10-14-24)20-33(31)39(30-19-26(40)17-18-27(30)37(43)44-39)34-21-29(25-15-11-8-12-16-25)36(42(5)6)23-32(34)38/h7-23H,1-6H3. The zero-order valence-corrected chi connectivity index (χ0v) is 27.5. The van der Waals surface area contributed by atoms with Gasteiger partial charge in [-0.1, -0.05) is 90.4 Å². The highest BCUT2D eigenvalue weighted by atomic mass is 79.9. The van der Waals surface area contributed by atoms with E-state index in [1.54, 1.807) is 0 Å². The van der Waals surface area contributed by atoms with E-state index in [0.717, 1.165) is 65.9 Å². The highest BCUT2D eigenvalue weighted by Gasteiger charge is 2.56. The van der Waals surface area contributed by atoms with Gasteiger partial charge in [0.1, 0.15) is 0 Å². The third-order valence-electron chi connectivity index (χ3n) is 9.34. The number of anilines is 2. The Kier molecular flexibility index (Phi) is 6.52. The third-order valence-corrected chi connectivity index (χ3v) is 9.83. The number of rotatable bonds is 4. The zero-order valence-electron chi connectivity index (χ0n) is 25.9. The molecule has 0 fully saturated rings. The van der Waals surface area contributed by atoms with E-state index >= 15 is 0 Å². The summed E-state index contributed by atoms with van der Waals surface area (Å²) < 4.78 is 7.66. The van der Waals surface area contributed by atoms with Gasteiger partial charge in [0, 0.05) is 77.3 Å². The van der Waals surface area contributed by atoms with Crippen molar-refractivity contribution in [2.45, 2.75) is 24.9 Å². The van der Waals surface area contributed by atoms with Gasteiger partial charge in [-0.15, -0.1) is 0 Å². The van der Waals surface area contributed by atoms with Crippen LogP contribution in [0, 0.1) is 0 Å². The summed E-state index contributed by atoms with van der Waals surface area (Å²) in [5, 5.41) is 0. The smallest absolute Gasteiger partial charge is 0.340 e. The lowest BCUT2D eigenvalue weighted by molar-refractivity contribution is 0.0232. The van der Waals surface area contributed by atoms with Gasteiger partial charge in [-0.05, 0) is 64.7 Å². The molecular formula is C39H35BrN2O2. The molecule has 5 aromatic rings. The van der Waals surface area contributed by atoms with Gasteiger partial charge < -0.3 is 14.5 Å². The predicted octanol–water partition coefficient (Wildman–Crippen LogP) is 9.02. The Hall–Kier alpha value is -4.35. The van der Waals surface area contributed by atoms with Crippen LogP contribution in [0.4, 0.5) is 11.4 Å². The number of carbonyl (C=O) groups is 1. The molecule has 0 atom stereocenters. The van der Waals surface area contributed by atoms with Crippen molar-refractivity contribution in [3.05, 3.63) is 141 Å². The molecular weight excluding hydrogens is 608 g/mol. The van der Waals surface area contributed by atoms with Gasteiger partial charge in [-0.25, -0.2) is 4.79 Å². The molecule has 0 N–H and O–H groups in total. The van der Waals surface area contributed by atoms with Crippen LogP contribution >= 0.6 is 15.9 Å². The van der Waals surface area contributed by atoms with E-state index in [2.05, 4.69) is 147 Å². The first-order chi connectivity index (χ1) is 21.0. The molecule has 0 saturated heterocycles. The Bertz CT molecular complexity index is 1840. The molecule has 1 aliphatic carbocycles. The lowest BCUT2D eigenvalue weighted by Crippen LogP contribution is -2.42. The van der Waals surface area contributed by atoms with Crippen LogP contribution in [0.25, 0.3) is 22.3 Å². The molecule has 0 amide bonds. The van der Waals surface area contributed by atoms with Crippen molar-refractivity contribution >= 4 is 33.3 Å². The Morgan fingerprint density at radius 3 is 1.50 bits per heavy atom. The van der Waals surface area contributed by atoms with Crippen LogP contribution in [0.2, 0.25) is 0 Å². The van der Waals surface area contributed by atoms with E-state index in [-0.39, 0.29) is 5.97 Å². The molecule has 1 heterocycles. The molecule has 1 spiro atoms. The van der Waals surface area contributed by atoms with E-state index in [9.17, 15) is 4.79 Å². The number of benzene rings is 5. The lowest BCUT2D eigenvalue weighted by Gasteiger charge is -2.46. The van der Waals surface area contributed by atoms with E-state index in [1.807, 2.05) is 24.3 Å². The minimum atomic E-state index is -1.13. The molecule has 7 rings (SSSR count). The third kappa shape index (κ3) is 4.06. The van der Waals surface area contributed by atoms with Crippen molar-refractivity contribution in [3.63, 3.8) is 0 Å². The molecule has 4 nitrogen and oxygen atoms in total. The van der Waals surface area contributed by atoms with Crippen LogP contribution < -0.4 is 9.80 Å². The van der Waals surface area contributed by atoms with Crippen molar-refractivity contribution in [3.8, 4) is 22.3 Å². The number of hydrogen-bond acceptors (Lipinski definition) is 4. The lowest BCUT2D eigenvalue weighted by atomic mass is 9.60. The molecule has 44 heavy (non-hydrogen) atoms. The van der Waals surface area contributed by atoms with Gasteiger partial charge in [0.25, 0.3) is 0 Å². The first-order valence-electron chi connectivity index (χ1n) is 14.9. The molecule has 5 aromatic carbocycles. The number of carbonyl (C=O) groups excluding carboxylic acids is 1. The number of ether oxygens (including phenoxy) is 1. The van der Waals surface area contributed by atoms with Crippen molar-refractivity contribution in [1.82, 2.24) is 0 Å². The summed E-state index contributed by atoms with van der Waals surface area (Å²) in [6.45, 7) is 4.58. The summed E-state index contributed by atoms with van der Waals surface area (Å²) in [6.07, 6.45) is 0. The van der Waals surface area contributed by atoms with Crippen LogP contribution in [0.3, 0.4) is 0 Å². The van der Waals surface area contributed by atoms with Gasteiger partial charge in [0.15, 0.2) is 5.60 Å². The first-order valence-corrected chi connectivity index (χ1v) is 15.7. The number of hydrogen-bond donors (Lipinski definition) is 0. The fraction of sp³-hybridized carbons (Fsp3) is 0.205. The van der Waals surface area contributed by atoms with Crippen LogP contribution in [0.15, 0.2) is 108 Å². The fourth-order valence-corrected chi connectivity index (χ4v) is 7.52. The summed E-state index contributed by atoms with van der Waals surface area (Å²) in [5.74, 6) is -0.306. The SMILES string of the molecule is CN(C)c1cc2c(cc1-c1ccccc1)C1(OC(=O)c3ccc(Br)cc31)c1cc(-c3ccccc3)c(N(C)C)cc1C2(C)C. The van der Waals surface area contributed by atoms with Crippen LogP contribution in [0.1, 0.15) is 52.0 Å². The second-order valence-corrected chi connectivity index (χ2v) is 13.7. The van der Waals surface area contributed by atoms with Gasteiger partial charge in [0.2, 0.25) is 0 Å². The van der Waals surface area contributed by atoms with Gasteiger partial charge in [0.05, 0.1) is 5.56 Å². The number of halogens is 1. The van der Waals surface area contributed by atoms with Crippen molar-refractivity contribution in [2.75, 3.05) is 38.0 Å². The van der Waals surface area contributed by atoms with Crippen molar-refractivity contribution < 1.29 is 9.53 Å². The number of esters is 1. The van der Waals surface area contributed by atoms with Crippen LogP contribution in [-0.4, -0.2) is 34.2 Å². The van der Waals surface area contributed by atoms with E-state index in [1.165, 1.54) is 0 Å². The maximum atomic E-state index is 13.8. The van der Waals surface area contributed by atoms with Crippen molar-refractivity contribution in [2.24, 2.45) is 0 Å². The summed E-state index contributed by atoms with van der Waals surface area (Å²) in [6, 6.07) is 36.0. The highest BCUT2D eigenvalue weighted by Crippen LogP contribution is 2.59. The van der Waals surface area contributed by atoms with E-state index < -0.39 is 11.0 Å². The molecule has 0 aromatic heterocycles. The molecule has 0 bridgehead atoms. The van der Waals surface area contributed by atoms with E-state index in [0.29, 0.717) is 5.56 Å². The normalized spacial score (nSPS) is 15.3. The molecule has 2 aliphatic rings. The first kappa shape index (κ1) is 28.4. The number of fused-ring (bicyclic) bond motifs is 6. The number of nitrogens with zero attached hydrogens (tertiary/aromatic N) is 2. The molecule has 0 saturated carbocycles. The largest absolute Gasteiger partial charge is 0.441 e. The van der Waals surface area contributed by atoms with Crippen molar-refractivity contribution in [1.29, 1.82) is 0 Å². The fourth-order valence-electron chi connectivity index (χ4n) is 7.16. The Morgan fingerprint density at radius 1 is 0.568 bits per heavy atom. The topological polar surface area (TPSA) is 32.8 Å². The summed E-state index contributed by atoms with van der Waals surface area (Å²) in [5.41, 5.74) is 10.9. The molecule has 1 aliphatic heterocycles. The summed E-state index contributed by atoms with van der Waals surface area (Å²) in [4.78, 5) is 18.2. The maximum Gasteiger partial charge on any atom is 0.340 e. The second kappa shape index (κ2) is 10.1. The Morgan fingerprint density at radius 2 is 1.05 bits per heavy atom. The summed E-state index contributed by atoms with van der Waals surface area (Å²) in [7, 11) is 8.36. The summed E-state index contributed by atoms with van der Waals surface area (Å²) >= 11 is 3.72. The average molecular weight is 644 g/mol. The molecule has 5 heteroatoms. The van der Waals surface area contributed by atoms with Crippen LogP contribution in [0.5, 0.6) is 0 Å². The predicted molar refractivity (Wildman–Crippen MR) is 184 cm³/mol.